The number of nitrogens with zero attached hydrogens (tertiary/aromatic N) is 7. The first-order valence-corrected chi connectivity index (χ1v) is 11.1. The molecular formula is C19H22N8O4S. The Kier molecular flexibility index (Phi) is 6.90. The van der Waals surface area contributed by atoms with Crippen molar-refractivity contribution < 1.29 is 13.3 Å². The fourth-order valence-corrected chi connectivity index (χ4v) is 4.47. The summed E-state index contributed by atoms with van der Waals surface area (Å²) in [6, 6.07) is 11.0. The fraction of sp³-hybridized carbons (Fsp3) is 0.263. The zero-order chi connectivity index (χ0) is 23.3. The van der Waals surface area contributed by atoms with Crippen LogP contribution in [0.15, 0.2) is 58.8 Å². The van der Waals surface area contributed by atoms with Crippen LogP contribution in [-0.2, 0) is 10.0 Å². The number of sulfonamides is 1. The average molecular weight is 459 g/mol. The summed E-state index contributed by atoms with van der Waals surface area (Å²) >= 11 is 0. The molecule has 1 heterocycles. The van der Waals surface area contributed by atoms with E-state index in [0.717, 1.165) is 17.3 Å². The Bertz CT molecular complexity index is 1240. The van der Waals surface area contributed by atoms with Crippen LogP contribution >= 0.6 is 0 Å². The van der Waals surface area contributed by atoms with E-state index in [9.17, 15) is 18.5 Å². The molecule has 3 rings (SSSR count). The van der Waals surface area contributed by atoms with Crippen LogP contribution in [0.2, 0.25) is 0 Å². The van der Waals surface area contributed by atoms with E-state index in [2.05, 4.69) is 26.1 Å². The maximum atomic E-state index is 12.7. The molecule has 2 aromatic carbocycles. The van der Waals surface area contributed by atoms with Gasteiger partial charge in [0.25, 0.3) is 5.69 Å². The summed E-state index contributed by atoms with van der Waals surface area (Å²) in [6.45, 7) is 5.67. The lowest BCUT2D eigenvalue weighted by Crippen LogP contribution is -2.30. The molecule has 0 bridgehead atoms. The highest BCUT2D eigenvalue weighted by Crippen LogP contribution is 2.29. The van der Waals surface area contributed by atoms with Gasteiger partial charge in [-0.25, -0.2) is 13.1 Å². The molecule has 13 heteroatoms. The van der Waals surface area contributed by atoms with E-state index in [-0.39, 0.29) is 23.7 Å². The summed E-state index contributed by atoms with van der Waals surface area (Å²) in [7, 11) is -3.83. The molecule has 0 aliphatic carbocycles. The van der Waals surface area contributed by atoms with Gasteiger partial charge < -0.3 is 0 Å². The predicted octanol–water partition coefficient (Wildman–Crippen LogP) is 2.44. The zero-order valence-corrected chi connectivity index (χ0v) is 18.5. The minimum absolute atomic E-state index is 0.0736. The van der Waals surface area contributed by atoms with Crippen molar-refractivity contribution in [2.24, 2.45) is 5.10 Å². The molecule has 0 atom stereocenters. The summed E-state index contributed by atoms with van der Waals surface area (Å²) in [5, 5.41) is 26.9. The standard InChI is InChI=1S/C19H22N8O4S/c1-4-25(5-2)32(30,31)17-9-10-18(19(12-17)27(28)29)22-21-14(3)15-7-6-8-16(11-15)26-13-20-23-24-26/h6-13,22H,4-5H2,1-3H3/b21-14+. The lowest BCUT2D eigenvalue weighted by Gasteiger charge is -2.18. The second-order valence-electron chi connectivity index (χ2n) is 6.64. The highest BCUT2D eigenvalue weighted by atomic mass is 32.2. The molecule has 168 valence electrons. The lowest BCUT2D eigenvalue weighted by atomic mass is 10.1. The minimum Gasteiger partial charge on any atom is -0.271 e. The van der Waals surface area contributed by atoms with Crippen molar-refractivity contribution in [2.45, 2.75) is 25.7 Å². The first-order chi connectivity index (χ1) is 15.3. The normalized spacial score (nSPS) is 12.2. The fourth-order valence-electron chi connectivity index (χ4n) is 2.99. The van der Waals surface area contributed by atoms with Gasteiger partial charge in [0.2, 0.25) is 10.0 Å². The lowest BCUT2D eigenvalue weighted by molar-refractivity contribution is -0.384. The third kappa shape index (κ3) is 4.78. The Balaban J connectivity index is 1.90. The second-order valence-corrected chi connectivity index (χ2v) is 8.58. The van der Waals surface area contributed by atoms with Crippen molar-refractivity contribution in [3.8, 4) is 5.69 Å². The quantitative estimate of drug-likeness (QED) is 0.292. The number of tetrazole rings is 1. The number of hydrogen-bond acceptors (Lipinski definition) is 9. The smallest absolute Gasteiger partial charge is 0.271 e. The Morgan fingerprint density at radius 2 is 1.97 bits per heavy atom. The molecule has 0 saturated carbocycles. The van der Waals surface area contributed by atoms with Gasteiger partial charge in [0, 0.05) is 19.2 Å². The van der Waals surface area contributed by atoms with Crippen molar-refractivity contribution in [1.29, 1.82) is 0 Å². The summed E-state index contributed by atoms with van der Waals surface area (Å²) in [5.74, 6) is 0. The van der Waals surface area contributed by atoms with Crippen LogP contribution in [0.25, 0.3) is 5.69 Å². The molecule has 12 nitrogen and oxygen atoms in total. The summed E-state index contributed by atoms with van der Waals surface area (Å²) < 4.78 is 28.1. The van der Waals surface area contributed by atoms with Crippen LogP contribution in [0.3, 0.4) is 0 Å². The maximum absolute atomic E-state index is 12.7. The number of hydrogen-bond donors (Lipinski definition) is 1. The number of hydrazone groups is 1. The third-order valence-corrected chi connectivity index (χ3v) is 6.78. The Morgan fingerprint density at radius 3 is 2.59 bits per heavy atom. The van der Waals surface area contributed by atoms with Crippen molar-refractivity contribution in [1.82, 2.24) is 24.5 Å². The maximum Gasteiger partial charge on any atom is 0.295 e. The van der Waals surface area contributed by atoms with Crippen molar-refractivity contribution in [3.05, 3.63) is 64.5 Å². The summed E-state index contributed by atoms with van der Waals surface area (Å²) in [4.78, 5) is 10.8. The molecule has 3 aromatic rings. The topological polar surface area (TPSA) is 149 Å². The molecule has 32 heavy (non-hydrogen) atoms. The minimum atomic E-state index is -3.83. The molecule has 0 unspecified atom stereocenters. The molecule has 0 aliphatic rings. The largest absolute Gasteiger partial charge is 0.295 e. The van der Waals surface area contributed by atoms with Gasteiger partial charge in [-0.3, -0.25) is 15.5 Å². The van der Waals surface area contributed by atoms with Crippen molar-refractivity contribution in [2.75, 3.05) is 18.5 Å². The molecular weight excluding hydrogens is 436 g/mol. The van der Waals surface area contributed by atoms with Gasteiger partial charge in [-0.1, -0.05) is 26.0 Å². The van der Waals surface area contributed by atoms with E-state index < -0.39 is 20.6 Å². The van der Waals surface area contributed by atoms with Gasteiger partial charge in [-0.2, -0.15) is 9.41 Å². The second kappa shape index (κ2) is 9.62. The number of nitro groups is 1. The van der Waals surface area contributed by atoms with Crippen LogP contribution < -0.4 is 5.43 Å². The molecule has 0 spiro atoms. The monoisotopic (exact) mass is 458 g/mol. The SMILES string of the molecule is CCN(CC)S(=O)(=O)c1ccc(N/N=C(\C)c2cccc(-n3cnnn3)c2)c([N+](=O)[O-])c1. The first-order valence-electron chi connectivity index (χ1n) is 9.70. The molecule has 0 amide bonds. The summed E-state index contributed by atoms with van der Waals surface area (Å²) in [5.41, 5.74) is 4.37. The molecule has 1 N–H and O–H groups in total. The molecule has 0 aliphatic heterocycles. The van der Waals surface area contributed by atoms with E-state index in [1.807, 2.05) is 18.2 Å². The predicted molar refractivity (Wildman–Crippen MR) is 118 cm³/mol. The van der Waals surface area contributed by atoms with Crippen LogP contribution in [0.4, 0.5) is 11.4 Å². The number of rotatable bonds is 9. The Hall–Kier alpha value is -3.71. The van der Waals surface area contributed by atoms with E-state index in [1.54, 1.807) is 26.8 Å². The number of benzene rings is 2. The third-order valence-electron chi connectivity index (χ3n) is 4.73. The number of nitrogens with one attached hydrogen (secondary N) is 1. The van der Waals surface area contributed by atoms with Gasteiger partial charge >= 0.3 is 0 Å². The molecule has 0 radical (unpaired) electrons. The highest BCUT2D eigenvalue weighted by Gasteiger charge is 2.25. The van der Waals surface area contributed by atoms with Crippen LogP contribution in [0, 0.1) is 10.1 Å². The van der Waals surface area contributed by atoms with Gasteiger partial charge in [0.15, 0.2) is 0 Å². The van der Waals surface area contributed by atoms with Crippen LogP contribution in [-0.4, -0.2) is 56.7 Å². The van der Waals surface area contributed by atoms with Crippen LogP contribution in [0.1, 0.15) is 26.3 Å². The van der Waals surface area contributed by atoms with Crippen molar-refractivity contribution >= 4 is 27.1 Å². The van der Waals surface area contributed by atoms with Gasteiger partial charge in [0.1, 0.15) is 12.0 Å². The Morgan fingerprint density at radius 1 is 1.22 bits per heavy atom. The zero-order valence-electron chi connectivity index (χ0n) is 17.7. The number of anilines is 1. The van der Waals surface area contributed by atoms with Gasteiger partial charge in [0.05, 0.1) is 21.2 Å². The number of aromatic nitrogens is 4. The Labute approximate surface area is 184 Å². The van der Waals surface area contributed by atoms with E-state index >= 15 is 0 Å². The first kappa shape index (κ1) is 23.0. The van der Waals surface area contributed by atoms with Gasteiger partial charge in [-0.15, -0.1) is 5.10 Å². The highest BCUT2D eigenvalue weighted by molar-refractivity contribution is 7.89. The van der Waals surface area contributed by atoms with E-state index in [4.69, 9.17) is 0 Å². The summed E-state index contributed by atoms with van der Waals surface area (Å²) in [6.07, 6.45) is 1.46. The average Bonchev–Trinajstić information content (AvgIpc) is 3.33. The van der Waals surface area contributed by atoms with E-state index in [1.165, 1.54) is 27.4 Å². The molecule has 0 fully saturated rings. The van der Waals surface area contributed by atoms with Crippen LogP contribution in [0.5, 0.6) is 0 Å². The van der Waals surface area contributed by atoms with E-state index in [0.29, 0.717) is 5.71 Å². The molecule has 1 aromatic heterocycles. The number of nitro benzene ring substituents is 1. The van der Waals surface area contributed by atoms with Gasteiger partial charge in [-0.05, 0) is 47.2 Å². The van der Waals surface area contributed by atoms with Crippen molar-refractivity contribution in [3.63, 3.8) is 0 Å². The molecule has 0 saturated heterocycles.